The molecule has 0 aromatic heterocycles. The molecule has 0 aliphatic carbocycles. The zero-order chi connectivity index (χ0) is 27.1. The first-order valence-electron chi connectivity index (χ1n) is 12.9. The number of ketones is 1. The molecule has 1 atom stereocenters. The third-order valence-corrected chi connectivity index (χ3v) is 6.90. The second-order valence-electron chi connectivity index (χ2n) is 9.06. The number of aliphatic hydroxyl groups is 1. The van der Waals surface area contributed by atoms with Gasteiger partial charge in [0.25, 0.3) is 11.7 Å². The van der Waals surface area contributed by atoms with E-state index in [0.717, 1.165) is 18.7 Å². The molecule has 7 nitrogen and oxygen atoms in total. The van der Waals surface area contributed by atoms with Crippen LogP contribution in [0.1, 0.15) is 36.6 Å². The number of amides is 1. The van der Waals surface area contributed by atoms with Crippen LogP contribution in [0, 0.1) is 0 Å². The predicted octanol–water partition coefficient (Wildman–Crippen LogP) is 5.04. The van der Waals surface area contributed by atoms with Crippen LogP contribution in [0.25, 0.3) is 5.76 Å². The summed E-state index contributed by atoms with van der Waals surface area (Å²) in [5.74, 6) is -0.381. The smallest absolute Gasteiger partial charge is 0.295 e. The van der Waals surface area contributed by atoms with Crippen LogP contribution in [0.15, 0.2) is 84.4 Å². The van der Waals surface area contributed by atoms with Gasteiger partial charge in [-0.2, -0.15) is 0 Å². The van der Waals surface area contributed by atoms with Crippen molar-refractivity contribution >= 4 is 17.4 Å². The van der Waals surface area contributed by atoms with Gasteiger partial charge >= 0.3 is 0 Å². The minimum atomic E-state index is -0.768. The van der Waals surface area contributed by atoms with E-state index >= 15 is 0 Å². The summed E-state index contributed by atoms with van der Waals surface area (Å²) in [4.78, 5) is 30.3. The van der Waals surface area contributed by atoms with Gasteiger partial charge in [0.2, 0.25) is 0 Å². The number of hydrogen-bond donors (Lipinski definition) is 1. The molecule has 0 spiro atoms. The van der Waals surface area contributed by atoms with E-state index in [1.54, 1.807) is 42.3 Å². The molecule has 1 amide bonds. The summed E-state index contributed by atoms with van der Waals surface area (Å²) in [6, 6.07) is 23.2. The zero-order valence-corrected chi connectivity index (χ0v) is 22.1. The Bertz CT molecular complexity index is 1280. The first-order chi connectivity index (χ1) is 18.5. The highest BCUT2D eigenvalue weighted by Gasteiger charge is 2.46. The molecule has 0 bridgehead atoms. The Labute approximate surface area is 223 Å². The average molecular weight is 515 g/mol. The number of rotatable bonds is 11. The molecule has 7 heteroatoms. The van der Waals surface area contributed by atoms with E-state index in [2.05, 4.69) is 18.7 Å². The molecular weight excluding hydrogens is 480 g/mol. The van der Waals surface area contributed by atoms with Gasteiger partial charge in [0.15, 0.2) is 0 Å². The van der Waals surface area contributed by atoms with Crippen LogP contribution in [0.2, 0.25) is 0 Å². The fourth-order valence-corrected chi connectivity index (χ4v) is 4.72. The van der Waals surface area contributed by atoms with Crippen molar-refractivity contribution < 1.29 is 24.2 Å². The number of aliphatic hydroxyl groups excluding tert-OH is 1. The van der Waals surface area contributed by atoms with Crippen LogP contribution in [-0.2, 0) is 16.2 Å². The van der Waals surface area contributed by atoms with E-state index in [1.807, 2.05) is 48.5 Å². The molecule has 1 N–H and O–H groups in total. The summed E-state index contributed by atoms with van der Waals surface area (Å²) < 4.78 is 11.4. The second kappa shape index (κ2) is 12.4. The number of carbonyl (C=O) groups excluding carboxylic acids is 2. The van der Waals surface area contributed by atoms with Gasteiger partial charge in [-0.05, 0) is 49.0 Å². The van der Waals surface area contributed by atoms with Crippen molar-refractivity contribution in [3.8, 4) is 11.5 Å². The molecule has 1 aliphatic rings. The lowest BCUT2D eigenvalue weighted by Crippen LogP contribution is -2.38. The quantitative estimate of drug-likeness (QED) is 0.220. The number of carbonyl (C=O) groups is 2. The molecule has 3 aromatic carbocycles. The summed E-state index contributed by atoms with van der Waals surface area (Å²) in [5.41, 5.74) is 2.18. The van der Waals surface area contributed by atoms with E-state index in [0.29, 0.717) is 42.3 Å². The number of methoxy groups -OCH3 is 1. The van der Waals surface area contributed by atoms with Crippen molar-refractivity contribution in [2.24, 2.45) is 0 Å². The Balaban J connectivity index is 1.68. The highest BCUT2D eigenvalue weighted by molar-refractivity contribution is 6.46. The van der Waals surface area contributed by atoms with Crippen molar-refractivity contribution in [3.05, 3.63) is 101 Å². The molecule has 0 radical (unpaired) electrons. The maximum absolute atomic E-state index is 13.3. The summed E-state index contributed by atoms with van der Waals surface area (Å²) in [6.07, 6.45) is 0. The SMILES string of the molecule is CCN(CC)CCN1C(=O)C(=O)/C(=C(/O)c2ccc(OCc3ccccc3)cc2)C1c1ccccc1OC. The van der Waals surface area contributed by atoms with Crippen LogP contribution >= 0.6 is 0 Å². The van der Waals surface area contributed by atoms with Crippen LogP contribution in [-0.4, -0.2) is 59.9 Å². The molecule has 38 heavy (non-hydrogen) atoms. The molecule has 1 saturated heterocycles. The highest BCUT2D eigenvalue weighted by Crippen LogP contribution is 2.42. The number of Topliss-reactive ketones (excluding diaryl/α,β-unsaturated/α-hetero) is 1. The van der Waals surface area contributed by atoms with Crippen LogP contribution < -0.4 is 9.47 Å². The van der Waals surface area contributed by atoms with E-state index in [9.17, 15) is 14.7 Å². The molecule has 0 saturated carbocycles. The average Bonchev–Trinajstić information content (AvgIpc) is 3.22. The van der Waals surface area contributed by atoms with Crippen molar-refractivity contribution in [1.82, 2.24) is 9.80 Å². The summed E-state index contributed by atoms with van der Waals surface area (Å²) in [5, 5.41) is 11.4. The van der Waals surface area contributed by atoms with Gasteiger partial charge in [0.1, 0.15) is 23.9 Å². The molecule has 1 heterocycles. The number of nitrogens with zero attached hydrogens (tertiary/aromatic N) is 2. The minimum Gasteiger partial charge on any atom is -0.507 e. The van der Waals surface area contributed by atoms with Crippen LogP contribution in [0.3, 0.4) is 0 Å². The van der Waals surface area contributed by atoms with Gasteiger partial charge in [-0.1, -0.05) is 62.4 Å². The summed E-state index contributed by atoms with van der Waals surface area (Å²) in [6.45, 7) is 7.15. The maximum atomic E-state index is 13.3. The lowest BCUT2D eigenvalue weighted by atomic mass is 9.94. The number of benzene rings is 3. The molecule has 4 rings (SSSR count). The van der Waals surface area contributed by atoms with E-state index in [1.165, 1.54) is 0 Å². The van der Waals surface area contributed by atoms with Crippen molar-refractivity contribution in [2.45, 2.75) is 26.5 Å². The van der Waals surface area contributed by atoms with E-state index < -0.39 is 17.7 Å². The third-order valence-electron chi connectivity index (χ3n) is 6.90. The number of hydrogen-bond acceptors (Lipinski definition) is 6. The monoisotopic (exact) mass is 514 g/mol. The summed E-state index contributed by atoms with van der Waals surface area (Å²) in [7, 11) is 1.55. The Morgan fingerprint density at radius 1 is 0.921 bits per heavy atom. The number of para-hydroxylation sites is 1. The van der Waals surface area contributed by atoms with Crippen molar-refractivity contribution in [1.29, 1.82) is 0 Å². The van der Waals surface area contributed by atoms with Crippen molar-refractivity contribution in [2.75, 3.05) is 33.3 Å². The molecule has 1 unspecified atom stereocenters. The number of ether oxygens (including phenoxy) is 2. The van der Waals surface area contributed by atoms with Gasteiger partial charge in [0, 0.05) is 24.2 Å². The topological polar surface area (TPSA) is 79.3 Å². The first-order valence-corrected chi connectivity index (χ1v) is 12.9. The van der Waals surface area contributed by atoms with E-state index in [-0.39, 0.29) is 11.3 Å². The molecule has 1 aliphatic heterocycles. The Morgan fingerprint density at radius 2 is 1.58 bits per heavy atom. The zero-order valence-electron chi connectivity index (χ0n) is 22.1. The standard InChI is InChI=1S/C31H34N2O5/c1-4-32(5-2)19-20-33-28(25-13-9-10-14-26(25)37-3)27(30(35)31(33)36)29(34)23-15-17-24(18-16-23)38-21-22-11-7-6-8-12-22/h6-18,28,34H,4-5,19-21H2,1-3H3/b29-27+. The summed E-state index contributed by atoms with van der Waals surface area (Å²) >= 11 is 0. The lowest BCUT2D eigenvalue weighted by molar-refractivity contribution is -0.140. The molecule has 198 valence electrons. The Hall–Kier alpha value is -4.10. The second-order valence-corrected chi connectivity index (χ2v) is 9.06. The molecule has 3 aromatic rings. The van der Waals surface area contributed by atoms with Gasteiger partial charge in [-0.25, -0.2) is 0 Å². The lowest BCUT2D eigenvalue weighted by Gasteiger charge is -2.29. The first kappa shape index (κ1) is 26.9. The molecular formula is C31H34N2O5. The minimum absolute atomic E-state index is 0.0528. The van der Waals surface area contributed by atoms with Crippen LogP contribution in [0.4, 0.5) is 0 Å². The fourth-order valence-electron chi connectivity index (χ4n) is 4.72. The van der Waals surface area contributed by atoms with Crippen molar-refractivity contribution in [3.63, 3.8) is 0 Å². The predicted molar refractivity (Wildman–Crippen MR) is 147 cm³/mol. The maximum Gasteiger partial charge on any atom is 0.295 e. The van der Waals surface area contributed by atoms with E-state index in [4.69, 9.17) is 9.47 Å². The number of likely N-dealkylation sites (N-methyl/N-ethyl adjacent to an activating group) is 1. The third kappa shape index (κ3) is 5.73. The Kier molecular flexibility index (Phi) is 8.81. The van der Waals surface area contributed by atoms with Crippen LogP contribution in [0.5, 0.6) is 11.5 Å². The number of likely N-dealkylation sites (tertiary alicyclic amines) is 1. The molecule has 1 fully saturated rings. The van der Waals surface area contributed by atoms with Gasteiger partial charge in [-0.3, -0.25) is 9.59 Å². The Morgan fingerprint density at radius 3 is 2.24 bits per heavy atom. The normalized spacial score (nSPS) is 16.7. The van der Waals surface area contributed by atoms with Gasteiger partial charge in [0.05, 0.1) is 18.7 Å². The largest absolute Gasteiger partial charge is 0.507 e. The van der Waals surface area contributed by atoms with Gasteiger partial charge in [-0.15, -0.1) is 0 Å². The van der Waals surface area contributed by atoms with Gasteiger partial charge < -0.3 is 24.4 Å². The fraction of sp³-hybridized carbons (Fsp3) is 0.290. The highest BCUT2D eigenvalue weighted by atomic mass is 16.5.